The standard InChI is InChI=1S/C21H24F2N6O3S/c1-11-6-7-12-14(9-26-17(12)16(11)13(25)5-4-8-24)33-29-21-27-19(30-2)18(20(28-21)31-3)32-10-15(22)23/h4-9,15,26H,10,24-25H2,1-3H3,(H,27,28,29)/b8-4-,13-5-. The van der Waals surface area contributed by atoms with Gasteiger partial charge in [-0.15, -0.1) is 0 Å². The number of ether oxygens (including phenoxy) is 3. The number of hydrogen-bond acceptors (Lipinski definition) is 9. The first-order valence-electron chi connectivity index (χ1n) is 9.68. The normalized spacial score (nSPS) is 12.0. The lowest BCUT2D eigenvalue weighted by atomic mass is 10.0. The van der Waals surface area contributed by atoms with Gasteiger partial charge in [-0.05, 0) is 42.8 Å². The molecule has 0 bridgehead atoms. The van der Waals surface area contributed by atoms with Crippen molar-refractivity contribution >= 4 is 34.5 Å². The van der Waals surface area contributed by atoms with E-state index in [0.717, 1.165) is 26.9 Å². The van der Waals surface area contributed by atoms with Gasteiger partial charge in [-0.3, -0.25) is 4.72 Å². The number of aromatic nitrogens is 3. The summed E-state index contributed by atoms with van der Waals surface area (Å²) in [4.78, 5) is 12.5. The molecular weight excluding hydrogens is 454 g/mol. The number of aryl methyl sites for hydroxylation is 1. The fourth-order valence-corrected chi connectivity index (χ4v) is 3.77. The van der Waals surface area contributed by atoms with Gasteiger partial charge in [0.15, 0.2) is 0 Å². The average molecular weight is 479 g/mol. The van der Waals surface area contributed by atoms with Crippen molar-refractivity contribution in [1.29, 1.82) is 0 Å². The number of aromatic amines is 1. The van der Waals surface area contributed by atoms with E-state index in [1.807, 2.05) is 25.3 Å². The van der Waals surface area contributed by atoms with Crippen LogP contribution in [-0.2, 0) is 0 Å². The number of nitrogens with two attached hydrogens (primary N) is 2. The Labute approximate surface area is 193 Å². The van der Waals surface area contributed by atoms with Crippen molar-refractivity contribution in [3.63, 3.8) is 0 Å². The molecule has 1 aromatic carbocycles. The number of halogens is 2. The molecule has 9 nitrogen and oxygen atoms in total. The monoisotopic (exact) mass is 478 g/mol. The van der Waals surface area contributed by atoms with E-state index in [2.05, 4.69) is 19.7 Å². The number of hydrogen-bond donors (Lipinski definition) is 4. The maximum absolute atomic E-state index is 12.6. The van der Waals surface area contributed by atoms with Crippen molar-refractivity contribution in [1.82, 2.24) is 15.0 Å². The molecule has 3 aromatic rings. The Balaban J connectivity index is 1.89. The highest BCUT2D eigenvalue weighted by Crippen LogP contribution is 2.37. The number of methoxy groups -OCH3 is 2. The second-order valence-electron chi connectivity index (χ2n) is 6.64. The summed E-state index contributed by atoms with van der Waals surface area (Å²) in [5.41, 5.74) is 15.0. The van der Waals surface area contributed by atoms with Crippen molar-refractivity contribution in [3.05, 3.63) is 47.8 Å². The van der Waals surface area contributed by atoms with Crippen LogP contribution in [0.15, 0.2) is 41.6 Å². The molecule has 0 unspecified atom stereocenters. The molecule has 0 spiro atoms. The SMILES string of the molecule is COc1nc(NSc2c[nH]c3c(/C(N)=C/C=C\N)c(C)ccc23)nc(OC)c1OCC(F)F. The number of alkyl halides is 2. The maximum atomic E-state index is 12.6. The third-order valence-corrected chi connectivity index (χ3v) is 5.34. The first-order chi connectivity index (χ1) is 15.9. The molecule has 0 aliphatic carbocycles. The largest absolute Gasteiger partial charge is 0.478 e. The highest BCUT2D eigenvalue weighted by atomic mass is 32.2. The van der Waals surface area contributed by atoms with Crippen molar-refractivity contribution in [2.75, 3.05) is 25.5 Å². The van der Waals surface area contributed by atoms with E-state index >= 15 is 0 Å². The molecular formula is C21H24F2N6O3S. The van der Waals surface area contributed by atoms with E-state index in [-0.39, 0.29) is 23.5 Å². The molecule has 12 heteroatoms. The summed E-state index contributed by atoms with van der Waals surface area (Å²) in [6.07, 6.45) is 3.97. The molecule has 0 atom stereocenters. The molecule has 33 heavy (non-hydrogen) atoms. The Bertz CT molecular complexity index is 1160. The first kappa shape index (κ1) is 24.0. The van der Waals surface area contributed by atoms with Crippen LogP contribution in [0.25, 0.3) is 16.6 Å². The molecule has 0 aliphatic rings. The van der Waals surface area contributed by atoms with E-state index in [1.54, 1.807) is 12.2 Å². The molecule has 0 radical (unpaired) electrons. The van der Waals surface area contributed by atoms with Crippen molar-refractivity contribution in [3.8, 4) is 17.5 Å². The van der Waals surface area contributed by atoms with Crippen LogP contribution in [0.5, 0.6) is 17.5 Å². The Morgan fingerprint density at radius 3 is 2.55 bits per heavy atom. The van der Waals surface area contributed by atoms with Crippen LogP contribution in [0.3, 0.4) is 0 Å². The highest BCUT2D eigenvalue weighted by molar-refractivity contribution is 8.00. The van der Waals surface area contributed by atoms with Gasteiger partial charge in [-0.25, -0.2) is 8.78 Å². The number of allylic oxidation sites excluding steroid dienone is 2. The summed E-state index contributed by atoms with van der Waals surface area (Å²) in [7, 11) is 2.68. The van der Waals surface area contributed by atoms with Gasteiger partial charge in [-0.2, -0.15) is 9.97 Å². The zero-order valence-corrected chi connectivity index (χ0v) is 19.0. The van der Waals surface area contributed by atoms with Gasteiger partial charge in [-0.1, -0.05) is 12.1 Å². The number of rotatable bonds is 10. The van der Waals surface area contributed by atoms with Gasteiger partial charge >= 0.3 is 0 Å². The van der Waals surface area contributed by atoms with E-state index in [4.69, 9.17) is 25.7 Å². The highest BCUT2D eigenvalue weighted by Gasteiger charge is 2.20. The number of nitrogens with zero attached hydrogens (tertiary/aromatic N) is 2. The number of fused-ring (bicyclic) bond motifs is 1. The van der Waals surface area contributed by atoms with Crippen LogP contribution in [0.2, 0.25) is 0 Å². The van der Waals surface area contributed by atoms with Crippen LogP contribution in [0.4, 0.5) is 14.7 Å². The molecule has 6 N–H and O–H groups in total. The summed E-state index contributed by atoms with van der Waals surface area (Å²) >= 11 is 1.24. The summed E-state index contributed by atoms with van der Waals surface area (Å²) < 4.78 is 43.5. The predicted molar refractivity (Wildman–Crippen MR) is 125 cm³/mol. The molecule has 176 valence electrons. The second kappa shape index (κ2) is 10.8. The first-order valence-corrected chi connectivity index (χ1v) is 10.5. The van der Waals surface area contributed by atoms with E-state index in [0.29, 0.717) is 5.70 Å². The third kappa shape index (κ3) is 5.40. The fraction of sp³-hybridized carbons (Fsp3) is 0.238. The molecule has 0 amide bonds. The minimum atomic E-state index is -2.67. The van der Waals surface area contributed by atoms with E-state index < -0.39 is 13.0 Å². The lowest BCUT2D eigenvalue weighted by Crippen LogP contribution is -2.11. The molecule has 0 aliphatic heterocycles. The smallest absolute Gasteiger partial charge is 0.272 e. The van der Waals surface area contributed by atoms with Gasteiger partial charge < -0.3 is 30.7 Å². The minimum Gasteiger partial charge on any atom is -0.478 e. The molecule has 2 heterocycles. The maximum Gasteiger partial charge on any atom is 0.272 e. The van der Waals surface area contributed by atoms with E-state index in [1.165, 1.54) is 32.4 Å². The number of anilines is 1. The quantitative estimate of drug-likeness (QED) is 0.253. The predicted octanol–water partition coefficient (Wildman–Crippen LogP) is 3.82. The van der Waals surface area contributed by atoms with Gasteiger partial charge in [0.2, 0.25) is 11.7 Å². The summed E-state index contributed by atoms with van der Waals surface area (Å²) in [6.45, 7) is 1.13. The Kier molecular flexibility index (Phi) is 7.83. The van der Waals surface area contributed by atoms with Crippen molar-refractivity contribution in [2.24, 2.45) is 11.5 Å². The molecule has 0 fully saturated rings. The molecule has 0 saturated heterocycles. The number of H-pyrrole nitrogens is 1. The summed E-state index contributed by atoms with van der Waals surface area (Å²) in [6, 6.07) is 3.95. The van der Waals surface area contributed by atoms with Gasteiger partial charge in [0.05, 0.1) is 24.6 Å². The molecule has 3 rings (SSSR count). The Morgan fingerprint density at radius 2 is 1.94 bits per heavy atom. The van der Waals surface area contributed by atoms with Crippen molar-refractivity contribution in [2.45, 2.75) is 18.2 Å². The average Bonchev–Trinajstić information content (AvgIpc) is 3.21. The van der Waals surface area contributed by atoms with Crippen molar-refractivity contribution < 1.29 is 23.0 Å². The fourth-order valence-electron chi connectivity index (χ4n) is 3.08. The second-order valence-corrected chi connectivity index (χ2v) is 7.49. The lowest BCUT2D eigenvalue weighted by Gasteiger charge is -2.14. The van der Waals surface area contributed by atoms with Crippen LogP contribution >= 0.6 is 11.9 Å². The summed E-state index contributed by atoms with van der Waals surface area (Å²) in [5.74, 6) is -0.0225. The van der Waals surface area contributed by atoms with Crippen LogP contribution in [-0.4, -0.2) is 42.2 Å². The van der Waals surface area contributed by atoms with Gasteiger partial charge in [0.25, 0.3) is 18.2 Å². The van der Waals surface area contributed by atoms with E-state index in [9.17, 15) is 8.78 Å². The number of nitrogens with one attached hydrogen (secondary N) is 2. The Hall–Kier alpha value is -3.67. The zero-order valence-electron chi connectivity index (χ0n) is 18.2. The van der Waals surface area contributed by atoms with Crippen LogP contribution in [0.1, 0.15) is 11.1 Å². The van der Waals surface area contributed by atoms with Crippen LogP contribution in [0, 0.1) is 6.92 Å². The summed E-state index contributed by atoms with van der Waals surface area (Å²) in [5, 5.41) is 0.928. The third-order valence-electron chi connectivity index (χ3n) is 4.50. The van der Waals surface area contributed by atoms with Crippen LogP contribution < -0.4 is 30.4 Å². The molecule has 0 saturated carbocycles. The topological polar surface area (TPSA) is 133 Å². The zero-order chi connectivity index (χ0) is 24.0. The number of benzene rings is 1. The minimum absolute atomic E-state index is 0.0340. The Morgan fingerprint density at radius 1 is 1.24 bits per heavy atom. The lowest BCUT2D eigenvalue weighted by molar-refractivity contribution is 0.0781. The molecule has 2 aromatic heterocycles. The van der Waals surface area contributed by atoms with Gasteiger partial charge in [0.1, 0.15) is 6.61 Å². The van der Waals surface area contributed by atoms with Gasteiger partial charge in [0, 0.05) is 22.8 Å².